The number of thioether (sulfide) groups is 1. The van der Waals surface area contributed by atoms with E-state index in [0.717, 1.165) is 29.9 Å². The van der Waals surface area contributed by atoms with Crippen molar-refractivity contribution >= 4 is 29.3 Å². The van der Waals surface area contributed by atoms with Gasteiger partial charge in [-0.25, -0.2) is 0 Å². The van der Waals surface area contributed by atoms with Crippen molar-refractivity contribution < 1.29 is 9.59 Å². The van der Waals surface area contributed by atoms with Crippen molar-refractivity contribution in [1.82, 2.24) is 20.1 Å². The van der Waals surface area contributed by atoms with E-state index < -0.39 is 0 Å². The summed E-state index contributed by atoms with van der Waals surface area (Å²) in [6.07, 6.45) is 3.14. The Morgan fingerprint density at radius 1 is 1.17 bits per heavy atom. The Kier molecular flexibility index (Phi) is 6.13. The number of aryl methyl sites for hydroxylation is 1. The molecule has 0 saturated carbocycles. The van der Waals surface area contributed by atoms with Crippen LogP contribution in [0.25, 0.3) is 5.69 Å². The number of nitrogens with one attached hydrogen (secondary N) is 1. The lowest BCUT2D eigenvalue weighted by molar-refractivity contribution is -0.119. The third kappa shape index (κ3) is 4.71. The van der Waals surface area contributed by atoms with Crippen molar-refractivity contribution in [2.75, 3.05) is 17.2 Å². The highest BCUT2D eigenvalue weighted by Crippen LogP contribution is 2.22. The zero-order chi connectivity index (χ0) is 20.9. The summed E-state index contributed by atoms with van der Waals surface area (Å²) in [4.78, 5) is 26.1. The molecule has 0 unspecified atom stereocenters. The fraction of sp³-hybridized carbons (Fsp3) is 0.273. The molecular formula is C22H23N5O2S. The van der Waals surface area contributed by atoms with E-state index >= 15 is 0 Å². The summed E-state index contributed by atoms with van der Waals surface area (Å²) in [5.74, 6) is 0.320. The number of anilines is 1. The first-order valence-corrected chi connectivity index (χ1v) is 10.8. The summed E-state index contributed by atoms with van der Waals surface area (Å²) in [5, 5.41) is 11.7. The van der Waals surface area contributed by atoms with E-state index in [-0.39, 0.29) is 17.6 Å². The van der Waals surface area contributed by atoms with Crippen molar-refractivity contribution in [2.45, 2.75) is 31.5 Å². The monoisotopic (exact) mass is 421 g/mol. The van der Waals surface area contributed by atoms with Crippen LogP contribution in [0.4, 0.5) is 5.69 Å². The molecule has 0 aliphatic carbocycles. The number of benzene rings is 2. The second kappa shape index (κ2) is 9.13. The smallest absolute Gasteiger partial charge is 0.230 e. The van der Waals surface area contributed by atoms with Crippen molar-refractivity contribution in [3.05, 3.63) is 66.0 Å². The Morgan fingerprint density at radius 2 is 2.00 bits per heavy atom. The molecule has 1 saturated heterocycles. The summed E-state index contributed by atoms with van der Waals surface area (Å²) < 4.78 is 1.87. The molecule has 7 nitrogen and oxygen atoms in total. The molecule has 3 aromatic rings. The third-order valence-electron chi connectivity index (χ3n) is 4.95. The number of rotatable bonds is 7. The van der Waals surface area contributed by atoms with Gasteiger partial charge in [0.2, 0.25) is 11.8 Å². The van der Waals surface area contributed by atoms with Gasteiger partial charge < -0.3 is 10.2 Å². The maximum absolute atomic E-state index is 12.3. The minimum absolute atomic E-state index is 0.0823. The Bertz CT molecular complexity index is 1050. The number of aromatic nitrogens is 3. The molecule has 1 aromatic heterocycles. The topological polar surface area (TPSA) is 80.1 Å². The molecule has 0 atom stereocenters. The number of hydrogen-bond donors (Lipinski definition) is 1. The highest BCUT2D eigenvalue weighted by atomic mass is 32.2. The minimum Gasteiger partial charge on any atom is -0.351 e. The molecular weight excluding hydrogens is 398 g/mol. The predicted molar refractivity (Wildman–Crippen MR) is 117 cm³/mol. The zero-order valence-corrected chi connectivity index (χ0v) is 17.6. The second-order valence-electron chi connectivity index (χ2n) is 7.20. The summed E-state index contributed by atoms with van der Waals surface area (Å²) in [5.41, 5.74) is 4.00. The Balaban J connectivity index is 1.32. The van der Waals surface area contributed by atoms with E-state index in [1.54, 1.807) is 11.2 Å². The minimum atomic E-state index is -0.0823. The van der Waals surface area contributed by atoms with Gasteiger partial charge in [0, 0.05) is 30.9 Å². The fourth-order valence-corrected chi connectivity index (χ4v) is 4.10. The van der Waals surface area contributed by atoms with Gasteiger partial charge in [-0.15, -0.1) is 10.2 Å². The maximum Gasteiger partial charge on any atom is 0.230 e. The standard InChI is InChI=1S/C22H23N5O2S/c1-16-7-9-18(10-8-16)27-15-24-25-22(27)30-14-20(28)23-13-17-4-2-5-19(12-17)26-11-3-6-21(26)29/h2,4-5,7-10,12,15H,3,6,11,13-14H2,1H3,(H,23,28). The van der Waals surface area contributed by atoms with Crippen molar-refractivity contribution in [3.8, 4) is 5.69 Å². The van der Waals surface area contributed by atoms with Crippen molar-refractivity contribution in [2.24, 2.45) is 0 Å². The predicted octanol–water partition coefficient (Wildman–Crippen LogP) is 3.11. The van der Waals surface area contributed by atoms with E-state index in [1.807, 2.05) is 60.0 Å². The maximum atomic E-state index is 12.3. The third-order valence-corrected chi connectivity index (χ3v) is 5.89. The molecule has 0 spiro atoms. The number of amides is 2. The lowest BCUT2D eigenvalue weighted by Gasteiger charge is -2.16. The Morgan fingerprint density at radius 3 is 2.77 bits per heavy atom. The first kappa shape index (κ1) is 20.2. The van der Waals surface area contributed by atoms with E-state index in [2.05, 4.69) is 15.5 Å². The Hall–Kier alpha value is -3.13. The average Bonchev–Trinajstić information content (AvgIpc) is 3.40. The molecule has 30 heavy (non-hydrogen) atoms. The van der Waals surface area contributed by atoms with Crippen LogP contribution in [-0.2, 0) is 16.1 Å². The number of hydrogen-bond acceptors (Lipinski definition) is 5. The van der Waals surface area contributed by atoms with Gasteiger partial charge in [-0.3, -0.25) is 14.2 Å². The zero-order valence-electron chi connectivity index (χ0n) is 16.7. The molecule has 1 N–H and O–H groups in total. The van der Waals surface area contributed by atoms with Gasteiger partial charge in [-0.2, -0.15) is 0 Å². The first-order chi connectivity index (χ1) is 14.6. The van der Waals surface area contributed by atoms with E-state index in [1.165, 1.54) is 17.3 Å². The van der Waals surface area contributed by atoms with Gasteiger partial charge >= 0.3 is 0 Å². The quantitative estimate of drug-likeness (QED) is 0.593. The van der Waals surface area contributed by atoms with Crippen LogP contribution in [-0.4, -0.2) is 38.9 Å². The molecule has 1 aliphatic heterocycles. The lowest BCUT2D eigenvalue weighted by Crippen LogP contribution is -2.26. The van der Waals surface area contributed by atoms with E-state index in [4.69, 9.17) is 0 Å². The molecule has 4 rings (SSSR count). The normalized spacial score (nSPS) is 13.6. The van der Waals surface area contributed by atoms with Crippen LogP contribution < -0.4 is 10.2 Å². The van der Waals surface area contributed by atoms with Crippen LogP contribution >= 0.6 is 11.8 Å². The molecule has 0 radical (unpaired) electrons. The van der Waals surface area contributed by atoms with Crippen LogP contribution in [0.2, 0.25) is 0 Å². The SMILES string of the molecule is Cc1ccc(-n2cnnc2SCC(=O)NCc2cccc(N3CCCC3=O)c2)cc1. The highest BCUT2D eigenvalue weighted by Gasteiger charge is 2.21. The second-order valence-corrected chi connectivity index (χ2v) is 8.15. The van der Waals surface area contributed by atoms with Gasteiger partial charge in [-0.1, -0.05) is 41.6 Å². The van der Waals surface area contributed by atoms with Crippen LogP contribution in [0, 0.1) is 6.92 Å². The van der Waals surface area contributed by atoms with Crippen LogP contribution in [0.3, 0.4) is 0 Å². The molecule has 2 heterocycles. The van der Waals surface area contributed by atoms with Crippen molar-refractivity contribution in [1.29, 1.82) is 0 Å². The van der Waals surface area contributed by atoms with Gasteiger partial charge in [0.25, 0.3) is 0 Å². The summed E-state index contributed by atoms with van der Waals surface area (Å²) in [7, 11) is 0. The van der Waals surface area contributed by atoms with Gasteiger partial charge in [0.05, 0.1) is 5.75 Å². The van der Waals surface area contributed by atoms with Gasteiger partial charge in [-0.05, 0) is 43.2 Å². The molecule has 2 aromatic carbocycles. The summed E-state index contributed by atoms with van der Waals surface area (Å²) in [6.45, 7) is 3.21. The molecule has 2 amide bonds. The first-order valence-electron chi connectivity index (χ1n) is 9.86. The Labute approximate surface area is 179 Å². The lowest BCUT2D eigenvalue weighted by atomic mass is 10.2. The van der Waals surface area contributed by atoms with Crippen LogP contribution in [0.1, 0.15) is 24.0 Å². The highest BCUT2D eigenvalue weighted by molar-refractivity contribution is 7.99. The van der Waals surface area contributed by atoms with E-state index in [0.29, 0.717) is 18.1 Å². The average molecular weight is 422 g/mol. The molecule has 8 heteroatoms. The molecule has 1 fully saturated rings. The number of carbonyl (C=O) groups excluding carboxylic acids is 2. The summed E-state index contributed by atoms with van der Waals surface area (Å²) >= 11 is 1.34. The molecule has 1 aliphatic rings. The van der Waals surface area contributed by atoms with E-state index in [9.17, 15) is 9.59 Å². The van der Waals surface area contributed by atoms with Crippen molar-refractivity contribution in [3.63, 3.8) is 0 Å². The van der Waals surface area contributed by atoms with Crippen LogP contribution in [0.5, 0.6) is 0 Å². The summed E-state index contributed by atoms with van der Waals surface area (Å²) in [6, 6.07) is 15.8. The number of nitrogens with zero attached hydrogens (tertiary/aromatic N) is 4. The van der Waals surface area contributed by atoms with Crippen LogP contribution in [0.15, 0.2) is 60.0 Å². The number of carbonyl (C=O) groups is 2. The molecule has 154 valence electrons. The molecule has 0 bridgehead atoms. The largest absolute Gasteiger partial charge is 0.351 e. The van der Waals surface area contributed by atoms with Gasteiger partial charge in [0.15, 0.2) is 5.16 Å². The van der Waals surface area contributed by atoms with Gasteiger partial charge in [0.1, 0.15) is 6.33 Å². The fourth-order valence-electron chi connectivity index (χ4n) is 3.34.